The first-order valence-corrected chi connectivity index (χ1v) is 12.7. The van der Waals surface area contributed by atoms with Crippen molar-refractivity contribution in [1.29, 1.82) is 0 Å². The summed E-state index contributed by atoms with van der Waals surface area (Å²) in [6.07, 6.45) is 4.72. The molecule has 186 valence electrons. The molecule has 0 bridgehead atoms. The number of amides is 1. The molecule has 1 amide bonds. The zero-order valence-electron chi connectivity index (χ0n) is 21.5. The summed E-state index contributed by atoms with van der Waals surface area (Å²) in [6.45, 7) is 10.2. The van der Waals surface area contributed by atoms with Crippen molar-refractivity contribution < 1.29 is 14.3 Å². The standard InChI is InChI=1S/C31H34N2O3/c1-5-35-28-20-23(12-14-27(28)36-21-24-9-7-6-8-10-24)15-17-31-30(3,4)25-19-22(2)11-13-26(25)33(31)18-16-29(34)32-31/h6-15,17,19-20H,5,16,18,21H2,1-4H3,(H,32,34)/b17-15+/t31-/m1/s1. The van der Waals surface area contributed by atoms with Crippen LogP contribution in [0.15, 0.2) is 72.8 Å². The van der Waals surface area contributed by atoms with Crippen LogP contribution in [0, 0.1) is 6.92 Å². The van der Waals surface area contributed by atoms with Gasteiger partial charge in [-0.05, 0) is 54.8 Å². The highest BCUT2D eigenvalue weighted by Crippen LogP contribution is 2.52. The Balaban J connectivity index is 1.47. The van der Waals surface area contributed by atoms with Crippen LogP contribution in [0.1, 0.15) is 49.4 Å². The van der Waals surface area contributed by atoms with Crippen LogP contribution in [0.3, 0.4) is 0 Å². The number of nitrogens with one attached hydrogen (secondary N) is 1. The van der Waals surface area contributed by atoms with Crippen LogP contribution in [0.25, 0.3) is 6.08 Å². The SMILES string of the molecule is CCOc1cc(/C=C/[C@@]23NC(=O)CCN2c2ccc(C)cc2C3(C)C)ccc1OCc1ccccc1. The van der Waals surface area contributed by atoms with Crippen LogP contribution in [0.5, 0.6) is 11.5 Å². The molecule has 1 N–H and O–H groups in total. The number of nitrogens with zero attached hydrogens (tertiary/aromatic N) is 1. The van der Waals surface area contributed by atoms with Gasteiger partial charge in [0.15, 0.2) is 11.5 Å². The number of rotatable bonds is 7. The second-order valence-corrected chi connectivity index (χ2v) is 10.1. The largest absolute Gasteiger partial charge is 0.490 e. The zero-order chi connectivity index (χ0) is 25.3. The van der Waals surface area contributed by atoms with Gasteiger partial charge in [-0.2, -0.15) is 0 Å². The molecular formula is C31H34N2O3. The summed E-state index contributed by atoms with van der Waals surface area (Å²) in [5, 5.41) is 3.35. The van der Waals surface area contributed by atoms with E-state index in [4.69, 9.17) is 9.47 Å². The Kier molecular flexibility index (Phi) is 6.25. The Morgan fingerprint density at radius 1 is 1.00 bits per heavy atom. The third kappa shape index (κ3) is 4.13. The van der Waals surface area contributed by atoms with Gasteiger partial charge < -0.3 is 19.7 Å². The molecule has 3 aromatic rings. The molecule has 0 aliphatic carbocycles. The van der Waals surface area contributed by atoms with Gasteiger partial charge in [0.25, 0.3) is 0 Å². The first-order valence-electron chi connectivity index (χ1n) is 12.7. The van der Waals surface area contributed by atoms with E-state index in [0.717, 1.165) is 11.1 Å². The molecule has 2 heterocycles. The summed E-state index contributed by atoms with van der Waals surface area (Å²) in [5.41, 5.74) is 4.80. The maximum absolute atomic E-state index is 12.7. The van der Waals surface area contributed by atoms with Gasteiger partial charge in [-0.25, -0.2) is 0 Å². The Labute approximate surface area is 213 Å². The number of hydrogen-bond donors (Lipinski definition) is 1. The van der Waals surface area contributed by atoms with Gasteiger partial charge in [0.1, 0.15) is 12.3 Å². The number of fused-ring (bicyclic) bond motifs is 3. The molecule has 1 atom stereocenters. The van der Waals surface area contributed by atoms with E-state index in [1.165, 1.54) is 16.8 Å². The van der Waals surface area contributed by atoms with Gasteiger partial charge in [0.05, 0.1) is 6.61 Å². The van der Waals surface area contributed by atoms with E-state index in [1.54, 1.807) is 0 Å². The normalized spacial score (nSPS) is 20.1. The van der Waals surface area contributed by atoms with Crippen LogP contribution < -0.4 is 19.7 Å². The molecule has 2 aliphatic rings. The molecule has 0 spiro atoms. The van der Waals surface area contributed by atoms with Crippen LogP contribution >= 0.6 is 0 Å². The molecular weight excluding hydrogens is 448 g/mol. The number of ether oxygens (including phenoxy) is 2. The van der Waals surface area contributed by atoms with Crippen molar-refractivity contribution in [2.45, 2.75) is 51.8 Å². The Morgan fingerprint density at radius 2 is 1.81 bits per heavy atom. The zero-order valence-corrected chi connectivity index (χ0v) is 21.5. The predicted molar refractivity (Wildman–Crippen MR) is 144 cm³/mol. The van der Waals surface area contributed by atoms with Gasteiger partial charge in [0, 0.05) is 24.1 Å². The summed E-state index contributed by atoms with van der Waals surface area (Å²) >= 11 is 0. The topological polar surface area (TPSA) is 50.8 Å². The summed E-state index contributed by atoms with van der Waals surface area (Å²) in [5.74, 6) is 1.50. The average molecular weight is 483 g/mol. The molecule has 5 nitrogen and oxygen atoms in total. The fourth-order valence-electron chi connectivity index (χ4n) is 5.44. The molecule has 0 saturated carbocycles. The number of benzene rings is 3. The Bertz CT molecular complexity index is 1300. The van der Waals surface area contributed by atoms with Gasteiger partial charge >= 0.3 is 0 Å². The molecule has 0 radical (unpaired) electrons. The van der Waals surface area contributed by atoms with Crippen molar-refractivity contribution in [1.82, 2.24) is 5.32 Å². The predicted octanol–water partition coefficient (Wildman–Crippen LogP) is 6.00. The minimum Gasteiger partial charge on any atom is -0.490 e. The smallest absolute Gasteiger partial charge is 0.223 e. The van der Waals surface area contributed by atoms with E-state index in [9.17, 15) is 4.79 Å². The molecule has 1 fully saturated rings. The number of carbonyl (C=O) groups is 1. The number of carbonyl (C=O) groups excluding carboxylic acids is 1. The van der Waals surface area contributed by atoms with E-state index < -0.39 is 5.66 Å². The molecule has 1 saturated heterocycles. The fourth-order valence-corrected chi connectivity index (χ4v) is 5.44. The highest BCUT2D eigenvalue weighted by Gasteiger charge is 2.57. The minimum absolute atomic E-state index is 0.0770. The minimum atomic E-state index is -0.646. The molecule has 36 heavy (non-hydrogen) atoms. The molecule has 2 aliphatic heterocycles. The van der Waals surface area contributed by atoms with Crippen molar-refractivity contribution >= 4 is 17.7 Å². The highest BCUT2D eigenvalue weighted by atomic mass is 16.5. The van der Waals surface area contributed by atoms with Crippen LogP contribution in [0.4, 0.5) is 5.69 Å². The summed E-state index contributed by atoms with van der Waals surface area (Å²) in [4.78, 5) is 15.0. The van der Waals surface area contributed by atoms with E-state index >= 15 is 0 Å². The Morgan fingerprint density at radius 3 is 2.58 bits per heavy atom. The lowest BCUT2D eigenvalue weighted by Gasteiger charge is -2.49. The summed E-state index contributed by atoms with van der Waals surface area (Å²) < 4.78 is 12.0. The molecule has 5 heteroatoms. The average Bonchev–Trinajstić information content (AvgIpc) is 3.06. The van der Waals surface area contributed by atoms with E-state index in [2.05, 4.69) is 61.3 Å². The molecule has 0 unspecified atom stereocenters. The maximum atomic E-state index is 12.7. The second-order valence-electron chi connectivity index (χ2n) is 10.1. The number of anilines is 1. The van der Waals surface area contributed by atoms with Gasteiger partial charge in [0.2, 0.25) is 5.91 Å². The van der Waals surface area contributed by atoms with Crippen LogP contribution in [-0.2, 0) is 16.8 Å². The lowest BCUT2D eigenvalue weighted by atomic mass is 9.74. The van der Waals surface area contributed by atoms with Crippen molar-refractivity contribution in [2.75, 3.05) is 18.1 Å². The van der Waals surface area contributed by atoms with Gasteiger partial charge in [-0.3, -0.25) is 4.79 Å². The summed E-state index contributed by atoms with van der Waals surface area (Å²) in [6, 6.07) is 22.7. The molecule has 0 aromatic heterocycles. The first-order chi connectivity index (χ1) is 17.3. The third-order valence-corrected chi connectivity index (χ3v) is 7.41. The van der Waals surface area contributed by atoms with E-state index in [0.29, 0.717) is 37.7 Å². The van der Waals surface area contributed by atoms with Crippen molar-refractivity contribution in [3.8, 4) is 11.5 Å². The summed E-state index contributed by atoms with van der Waals surface area (Å²) in [7, 11) is 0. The third-order valence-electron chi connectivity index (χ3n) is 7.41. The van der Waals surface area contributed by atoms with E-state index in [-0.39, 0.29) is 11.3 Å². The highest BCUT2D eigenvalue weighted by molar-refractivity contribution is 5.84. The van der Waals surface area contributed by atoms with Crippen molar-refractivity contribution in [3.63, 3.8) is 0 Å². The number of aryl methyl sites for hydroxylation is 1. The molecule has 3 aromatic carbocycles. The maximum Gasteiger partial charge on any atom is 0.223 e. The Hall–Kier alpha value is -3.73. The van der Waals surface area contributed by atoms with Gasteiger partial charge in [-0.15, -0.1) is 0 Å². The van der Waals surface area contributed by atoms with Crippen molar-refractivity contribution in [3.05, 3.63) is 95.1 Å². The van der Waals surface area contributed by atoms with Gasteiger partial charge in [-0.1, -0.05) is 74.0 Å². The lowest BCUT2D eigenvalue weighted by Crippen LogP contribution is -2.68. The number of hydrogen-bond acceptors (Lipinski definition) is 4. The lowest BCUT2D eigenvalue weighted by molar-refractivity contribution is -0.124. The van der Waals surface area contributed by atoms with Crippen LogP contribution in [0.2, 0.25) is 0 Å². The second kappa shape index (κ2) is 9.38. The van der Waals surface area contributed by atoms with Crippen molar-refractivity contribution in [2.24, 2.45) is 0 Å². The first kappa shape index (κ1) is 24.0. The fraction of sp³-hybridized carbons (Fsp3) is 0.323. The molecule has 5 rings (SSSR count). The quantitative estimate of drug-likeness (QED) is 0.449. The van der Waals surface area contributed by atoms with Crippen LogP contribution in [-0.4, -0.2) is 24.7 Å². The monoisotopic (exact) mass is 482 g/mol. The van der Waals surface area contributed by atoms with E-state index in [1.807, 2.05) is 55.5 Å².